The SMILES string of the molecule is C[C@H]1CC2(C[C@@H](c3cn(C)nn3)N1)OCC(C)(C)c1sc(C(F)(F)F)cc12. The molecule has 4 heterocycles. The van der Waals surface area contributed by atoms with E-state index >= 15 is 0 Å². The predicted octanol–water partition coefficient (Wildman–Crippen LogP) is 3.91. The number of alkyl halides is 3. The van der Waals surface area contributed by atoms with Crippen LogP contribution >= 0.6 is 11.3 Å². The van der Waals surface area contributed by atoms with Crippen molar-refractivity contribution in [2.24, 2.45) is 7.05 Å². The van der Waals surface area contributed by atoms with Crippen molar-refractivity contribution >= 4 is 11.3 Å². The number of ether oxygens (including phenoxy) is 1. The number of aromatic nitrogens is 3. The summed E-state index contributed by atoms with van der Waals surface area (Å²) in [5.74, 6) is 0. The first kappa shape index (κ1) is 18.9. The lowest BCUT2D eigenvalue weighted by Crippen LogP contribution is -2.52. The molecule has 4 rings (SSSR count). The average molecular weight is 400 g/mol. The quantitative estimate of drug-likeness (QED) is 0.789. The van der Waals surface area contributed by atoms with Gasteiger partial charge in [0, 0.05) is 36.0 Å². The summed E-state index contributed by atoms with van der Waals surface area (Å²) < 4.78 is 48.3. The zero-order valence-electron chi connectivity index (χ0n) is 15.7. The minimum Gasteiger partial charge on any atom is -0.369 e. The van der Waals surface area contributed by atoms with Gasteiger partial charge in [-0.15, -0.1) is 16.4 Å². The zero-order chi connectivity index (χ0) is 19.6. The van der Waals surface area contributed by atoms with Gasteiger partial charge in [0.15, 0.2) is 0 Å². The molecule has 0 bridgehead atoms. The molecule has 2 aromatic rings. The lowest BCUT2D eigenvalue weighted by molar-refractivity contribution is -0.135. The largest absolute Gasteiger partial charge is 0.425 e. The van der Waals surface area contributed by atoms with Crippen LogP contribution in [0, 0.1) is 0 Å². The Hall–Kier alpha value is -1.45. The first-order valence-electron chi connectivity index (χ1n) is 8.98. The topological polar surface area (TPSA) is 52.0 Å². The standard InChI is InChI=1S/C18H23F3N4OS/c1-10-6-17(7-12(22-10)13-8-25(4)24-23-13)11-5-14(18(19,20)21)27-15(11)16(2,3)9-26-17/h5,8,10,12,22H,6-7,9H2,1-4H3/t10-,12-,17?/m0/s1. The first-order chi connectivity index (χ1) is 12.5. The van der Waals surface area contributed by atoms with Crippen molar-refractivity contribution < 1.29 is 17.9 Å². The molecule has 3 atom stereocenters. The smallest absolute Gasteiger partial charge is 0.369 e. The summed E-state index contributed by atoms with van der Waals surface area (Å²) in [6.45, 7) is 6.32. The van der Waals surface area contributed by atoms with Crippen LogP contribution in [-0.2, 0) is 29.0 Å². The number of piperidine rings is 1. The van der Waals surface area contributed by atoms with E-state index in [1.807, 2.05) is 27.0 Å². The van der Waals surface area contributed by atoms with E-state index in [1.54, 1.807) is 11.7 Å². The normalized spacial score (nSPS) is 30.5. The molecule has 1 unspecified atom stereocenters. The molecule has 2 aliphatic rings. The number of thiophene rings is 1. The molecular formula is C18H23F3N4OS. The Labute approximate surface area is 159 Å². The second kappa shape index (κ2) is 6.02. The number of fused-ring (bicyclic) bond motifs is 2. The molecule has 1 fully saturated rings. The highest BCUT2D eigenvalue weighted by atomic mass is 32.1. The molecule has 0 amide bonds. The highest BCUT2D eigenvalue weighted by Gasteiger charge is 2.51. The van der Waals surface area contributed by atoms with Crippen LogP contribution in [0.3, 0.4) is 0 Å². The van der Waals surface area contributed by atoms with Crippen LogP contribution in [0.1, 0.15) is 60.7 Å². The highest BCUT2D eigenvalue weighted by molar-refractivity contribution is 7.12. The molecule has 1 saturated heterocycles. The lowest BCUT2D eigenvalue weighted by Gasteiger charge is -2.49. The van der Waals surface area contributed by atoms with Gasteiger partial charge in [-0.2, -0.15) is 13.2 Å². The molecule has 2 aromatic heterocycles. The van der Waals surface area contributed by atoms with Crippen LogP contribution in [0.4, 0.5) is 13.2 Å². The van der Waals surface area contributed by atoms with Crippen LogP contribution in [-0.4, -0.2) is 27.6 Å². The third-order valence-electron chi connectivity index (χ3n) is 5.46. The molecule has 0 radical (unpaired) electrons. The van der Waals surface area contributed by atoms with Gasteiger partial charge in [0.25, 0.3) is 0 Å². The minimum atomic E-state index is -4.35. The first-order valence-corrected chi connectivity index (χ1v) is 9.80. The third-order valence-corrected chi connectivity index (χ3v) is 7.01. The number of halogens is 3. The van der Waals surface area contributed by atoms with E-state index in [0.29, 0.717) is 25.0 Å². The van der Waals surface area contributed by atoms with Crippen molar-refractivity contribution in [1.82, 2.24) is 20.3 Å². The van der Waals surface area contributed by atoms with Crippen LogP contribution in [0.5, 0.6) is 0 Å². The Morgan fingerprint density at radius 1 is 1.33 bits per heavy atom. The average Bonchev–Trinajstić information content (AvgIpc) is 3.18. The molecule has 0 saturated carbocycles. The highest BCUT2D eigenvalue weighted by Crippen LogP contribution is 2.54. The third kappa shape index (κ3) is 3.19. The maximum atomic E-state index is 13.4. The van der Waals surface area contributed by atoms with Gasteiger partial charge in [-0.3, -0.25) is 4.68 Å². The molecular weight excluding hydrogens is 377 g/mol. The molecule has 1 spiro atoms. The maximum absolute atomic E-state index is 13.4. The van der Waals surface area contributed by atoms with Crippen molar-refractivity contribution in [2.75, 3.05) is 6.61 Å². The van der Waals surface area contributed by atoms with Crippen LogP contribution in [0.2, 0.25) is 0 Å². The number of nitrogens with one attached hydrogen (secondary N) is 1. The van der Waals surface area contributed by atoms with E-state index in [9.17, 15) is 13.2 Å². The Bertz CT molecular complexity index is 859. The summed E-state index contributed by atoms with van der Waals surface area (Å²) in [7, 11) is 1.80. The van der Waals surface area contributed by atoms with Crippen LogP contribution in [0.25, 0.3) is 0 Å². The van der Waals surface area contributed by atoms with Gasteiger partial charge in [0.1, 0.15) is 4.88 Å². The Morgan fingerprint density at radius 2 is 2.07 bits per heavy atom. The number of hydrogen-bond acceptors (Lipinski definition) is 5. The molecule has 27 heavy (non-hydrogen) atoms. The van der Waals surface area contributed by atoms with E-state index in [2.05, 4.69) is 15.6 Å². The summed E-state index contributed by atoms with van der Waals surface area (Å²) in [5, 5.41) is 11.7. The minimum absolute atomic E-state index is 0.0778. The molecule has 148 valence electrons. The van der Waals surface area contributed by atoms with Crippen molar-refractivity contribution in [3.05, 3.63) is 33.3 Å². The van der Waals surface area contributed by atoms with Gasteiger partial charge in [-0.1, -0.05) is 19.1 Å². The second-order valence-electron chi connectivity index (χ2n) is 8.36. The summed E-state index contributed by atoms with van der Waals surface area (Å²) >= 11 is 0.862. The number of hydrogen-bond donors (Lipinski definition) is 1. The van der Waals surface area contributed by atoms with Gasteiger partial charge in [-0.05, 0) is 25.0 Å². The van der Waals surface area contributed by atoms with E-state index in [4.69, 9.17) is 4.74 Å². The van der Waals surface area contributed by atoms with E-state index in [-0.39, 0.29) is 12.1 Å². The Morgan fingerprint density at radius 3 is 2.70 bits per heavy atom. The van der Waals surface area contributed by atoms with E-state index in [1.165, 1.54) is 6.07 Å². The van der Waals surface area contributed by atoms with Gasteiger partial charge in [-0.25, -0.2) is 0 Å². The fourth-order valence-corrected chi connectivity index (χ4v) is 5.46. The van der Waals surface area contributed by atoms with Crippen LogP contribution in [0.15, 0.2) is 12.3 Å². The molecule has 2 aliphatic heterocycles. The summed E-state index contributed by atoms with van der Waals surface area (Å²) in [5.41, 5.74) is 0.297. The predicted molar refractivity (Wildman–Crippen MR) is 95.6 cm³/mol. The zero-order valence-corrected chi connectivity index (χ0v) is 16.5. The van der Waals surface area contributed by atoms with Crippen molar-refractivity contribution in [3.63, 3.8) is 0 Å². The maximum Gasteiger partial charge on any atom is 0.425 e. The Balaban J connectivity index is 1.79. The monoisotopic (exact) mass is 400 g/mol. The van der Waals surface area contributed by atoms with Gasteiger partial charge >= 0.3 is 6.18 Å². The molecule has 1 N–H and O–H groups in total. The molecule has 0 aliphatic carbocycles. The Kier molecular flexibility index (Phi) is 4.21. The lowest BCUT2D eigenvalue weighted by atomic mass is 9.72. The summed E-state index contributed by atoms with van der Waals surface area (Å²) in [6, 6.07) is 1.27. The number of rotatable bonds is 1. The molecule has 5 nitrogen and oxygen atoms in total. The van der Waals surface area contributed by atoms with Crippen LogP contribution < -0.4 is 5.32 Å². The van der Waals surface area contributed by atoms with E-state index in [0.717, 1.165) is 21.9 Å². The van der Waals surface area contributed by atoms with Gasteiger partial charge in [0.2, 0.25) is 0 Å². The van der Waals surface area contributed by atoms with Gasteiger partial charge in [0.05, 0.1) is 23.9 Å². The van der Waals surface area contributed by atoms with Crippen molar-refractivity contribution in [2.45, 2.75) is 62.9 Å². The molecule has 9 heteroatoms. The van der Waals surface area contributed by atoms with Gasteiger partial charge < -0.3 is 10.1 Å². The van der Waals surface area contributed by atoms with Crippen molar-refractivity contribution in [3.8, 4) is 0 Å². The summed E-state index contributed by atoms with van der Waals surface area (Å²) in [4.78, 5) is 0.237. The van der Waals surface area contributed by atoms with E-state index < -0.39 is 22.1 Å². The fraction of sp³-hybridized carbons (Fsp3) is 0.667. The fourth-order valence-electron chi connectivity index (χ4n) is 4.26. The second-order valence-corrected chi connectivity index (χ2v) is 9.42. The van der Waals surface area contributed by atoms with Crippen molar-refractivity contribution in [1.29, 1.82) is 0 Å². The number of aryl methyl sites for hydroxylation is 1. The summed E-state index contributed by atoms with van der Waals surface area (Å²) in [6.07, 6.45) is -1.35. The number of nitrogens with zero attached hydrogens (tertiary/aromatic N) is 3. The molecule has 0 aromatic carbocycles.